The van der Waals surface area contributed by atoms with E-state index >= 15 is 0 Å². The molecule has 0 aromatic heterocycles. The molecule has 0 aliphatic heterocycles. The van der Waals surface area contributed by atoms with Gasteiger partial charge < -0.3 is 15.9 Å². The Morgan fingerprint density at radius 1 is 1.50 bits per heavy atom. The van der Waals surface area contributed by atoms with Gasteiger partial charge in [-0.3, -0.25) is 0 Å². The van der Waals surface area contributed by atoms with Gasteiger partial charge in [0.15, 0.2) is 0 Å². The average Bonchev–Trinajstić information content (AvgIpc) is 2.02. The lowest BCUT2D eigenvalue weighted by Crippen LogP contribution is -2.34. The van der Waals surface area contributed by atoms with Gasteiger partial charge in [-0.1, -0.05) is 17.7 Å². The zero-order valence-electron chi connectivity index (χ0n) is 8.00. The van der Waals surface area contributed by atoms with E-state index in [-0.39, 0.29) is 12.4 Å². The van der Waals surface area contributed by atoms with Crippen LogP contribution in [0.5, 0.6) is 5.75 Å². The summed E-state index contributed by atoms with van der Waals surface area (Å²) in [7, 11) is 0. The van der Waals surface area contributed by atoms with Crippen LogP contribution in [0.1, 0.15) is 18.9 Å². The Labute approximate surface area is 88.1 Å². The second kappa shape index (κ2) is 4.17. The van der Waals surface area contributed by atoms with Gasteiger partial charge in [-0.15, -0.1) is 0 Å². The number of aromatic hydroxyl groups is 1. The largest absolute Gasteiger partial charge is 0.508 e. The van der Waals surface area contributed by atoms with Crippen LogP contribution in [-0.4, -0.2) is 16.8 Å². The molecule has 0 amide bonds. The zero-order chi connectivity index (χ0) is 10.8. The van der Waals surface area contributed by atoms with Crippen molar-refractivity contribution in [2.75, 3.05) is 6.61 Å². The molecule has 0 radical (unpaired) electrons. The van der Waals surface area contributed by atoms with Crippen molar-refractivity contribution in [2.24, 2.45) is 5.73 Å². The molecule has 0 saturated heterocycles. The van der Waals surface area contributed by atoms with Gasteiger partial charge in [-0.25, -0.2) is 0 Å². The quantitative estimate of drug-likeness (QED) is 0.718. The summed E-state index contributed by atoms with van der Waals surface area (Å²) >= 11 is 5.69. The molecule has 14 heavy (non-hydrogen) atoms. The maximum Gasteiger partial charge on any atom is 0.122 e. The van der Waals surface area contributed by atoms with Crippen LogP contribution in [-0.2, 0) is 5.54 Å². The highest BCUT2D eigenvalue weighted by atomic mass is 35.5. The van der Waals surface area contributed by atoms with Crippen molar-refractivity contribution in [3.8, 4) is 5.75 Å². The molecule has 0 bridgehead atoms. The first kappa shape index (κ1) is 11.3. The molecule has 1 aromatic rings. The standard InChI is InChI=1S/C10H14ClNO2/c1-10(12,4-5-13)8-3-2-7(11)6-9(8)14/h2-3,6,13-14H,4-5,12H2,1H3. The molecule has 0 fully saturated rings. The number of nitrogens with two attached hydrogens (primary N) is 1. The van der Waals surface area contributed by atoms with Crippen molar-refractivity contribution in [3.63, 3.8) is 0 Å². The Bertz CT molecular complexity index is 326. The molecule has 0 spiro atoms. The fraction of sp³-hybridized carbons (Fsp3) is 0.400. The molecule has 78 valence electrons. The van der Waals surface area contributed by atoms with Gasteiger partial charge in [-0.2, -0.15) is 0 Å². The second-order valence-electron chi connectivity index (χ2n) is 3.55. The highest BCUT2D eigenvalue weighted by Crippen LogP contribution is 2.31. The van der Waals surface area contributed by atoms with E-state index in [0.29, 0.717) is 17.0 Å². The summed E-state index contributed by atoms with van der Waals surface area (Å²) in [5, 5.41) is 18.9. The minimum Gasteiger partial charge on any atom is -0.508 e. The molecular formula is C10H14ClNO2. The van der Waals surface area contributed by atoms with E-state index in [1.54, 1.807) is 19.1 Å². The van der Waals surface area contributed by atoms with E-state index in [0.717, 1.165) is 0 Å². The van der Waals surface area contributed by atoms with Crippen LogP contribution in [0.3, 0.4) is 0 Å². The van der Waals surface area contributed by atoms with Crippen LogP contribution in [0.25, 0.3) is 0 Å². The van der Waals surface area contributed by atoms with E-state index in [4.69, 9.17) is 22.4 Å². The minimum atomic E-state index is -0.733. The fourth-order valence-corrected chi connectivity index (χ4v) is 1.52. The van der Waals surface area contributed by atoms with E-state index < -0.39 is 5.54 Å². The summed E-state index contributed by atoms with van der Waals surface area (Å²) in [5.41, 5.74) is 5.80. The van der Waals surface area contributed by atoms with Crippen molar-refractivity contribution in [1.82, 2.24) is 0 Å². The molecule has 4 heteroatoms. The van der Waals surface area contributed by atoms with Crippen LogP contribution in [0.15, 0.2) is 18.2 Å². The van der Waals surface area contributed by atoms with Crippen LogP contribution < -0.4 is 5.73 Å². The Balaban J connectivity index is 3.06. The van der Waals surface area contributed by atoms with Gasteiger partial charge in [0, 0.05) is 22.7 Å². The predicted octanol–water partition coefficient (Wildman–Crippen LogP) is 1.60. The Morgan fingerprint density at radius 3 is 2.64 bits per heavy atom. The first-order chi connectivity index (χ1) is 6.47. The smallest absolute Gasteiger partial charge is 0.122 e. The maximum atomic E-state index is 9.61. The highest BCUT2D eigenvalue weighted by molar-refractivity contribution is 6.30. The molecule has 0 aliphatic rings. The average molecular weight is 216 g/mol. The molecule has 0 saturated carbocycles. The monoisotopic (exact) mass is 215 g/mol. The fourth-order valence-electron chi connectivity index (χ4n) is 1.35. The van der Waals surface area contributed by atoms with Gasteiger partial charge in [0.1, 0.15) is 5.75 Å². The van der Waals surface area contributed by atoms with Crippen LogP contribution in [0.2, 0.25) is 5.02 Å². The van der Waals surface area contributed by atoms with Crippen LogP contribution in [0, 0.1) is 0 Å². The summed E-state index contributed by atoms with van der Waals surface area (Å²) in [6.07, 6.45) is 0.391. The summed E-state index contributed by atoms with van der Waals surface area (Å²) in [6.45, 7) is 1.74. The number of hydrogen-bond donors (Lipinski definition) is 3. The van der Waals surface area contributed by atoms with E-state index in [1.807, 2.05) is 0 Å². The topological polar surface area (TPSA) is 66.5 Å². The maximum absolute atomic E-state index is 9.61. The molecule has 1 atom stereocenters. The van der Waals surface area contributed by atoms with Crippen LogP contribution in [0.4, 0.5) is 0 Å². The molecule has 1 unspecified atom stereocenters. The molecule has 0 aliphatic carbocycles. The van der Waals surface area contributed by atoms with Crippen molar-refractivity contribution in [1.29, 1.82) is 0 Å². The zero-order valence-corrected chi connectivity index (χ0v) is 8.75. The first-order valence-corrected chi connectivity index (χ1v) is 4.74. The van der Waals surface area contributed by atoms with E-state index in [9.17, 15) is 5.11 Å². The number of aliphatic hydroxyl groups excluding tert-OH is 1. The van der Waals surface area contributed by atoms with Gasteiger partial charge in [-0.05, 0) is 25.5 Å². The third kappa shape index (κ3) is 2.38. The lowest BCUT2D eigenvalue weighted by molar-refractivity contribution is 0.245. The number of halogens is 1. The molecular weight excluding hydrogens is 202 g/mol. The first-order valence-electron chi connectivity index (χ1n) is 4.36. The number of benzene rings is 1. The molecule has 1 aromatic carbocycles. The van der Waals surface area contributed by atoms with Crippen LogP contribution >= 0.6 is 11.6 Å². The third-order valence-corrected chi connectivity index (χ3v) is 2.44. The summed E-state index contributed by atoms with van der Waals surface area (Å²) in [6, 6.07) is 4.78. The number of rotatable bonds is 3. The van der Waals surface area contributed by atoms with E-state index in [1.165, 1.54) is 6.07 Å². The Hall–Kier alpha value is -0.770. The summed E-state index contributed by atoms with van der Waals surface area (Å²) in [5.74, 6) is 0.0657. The normalized spacial score (nSPS) is 15.1. The Morgan fingerprint density at radius 2 is 2.14 bits per heavy atom. The van der Waals surface area contributed by atoms with E-state index in [2.05, 4.69) is 0 Å². The van der Waals surface area contributed by atoms with Gasteiger partial charge in [0.05, 0.1) is 0 Å². The lowest BCUT2D eigenvalue weighted by Gasteiger charge is -2.25. The molecule has 3 nitrogen and oxygen atoms in total. The molecule has 0 heterocycles. The highest BCUT2D eigenvalue weighted by Gasteiger charge is 2.23. The second-order valence-corrected chi connectivity index (χ2v) is 3.99. The third-order valence-electron chi connectivity index (χ3n) is 2.21. The van der Waals surface area contributed by atoms with Gasteiger partial charge >= 0.3 is 0 Å². The van der Waals surface area contributed by atoms with Gasteiger partial charge in [0.2, 0.25) is 0 Å². The van der Waals surface area contributed by atoms with Crippen molar-refractivity contribution < 1.29 is 10.2 Å². The number of hydrogen-bond acceptors (Lipinski definition) is 3. The van der Waals surface area contributed by atoms with Crippen molar-refractivity contribution >= 4 is 11.6 Å². The number of aliphatic hydroxyl groups is 1. The van der Waals surface area contributed by atoms with Gasteiger partial charge in [0.25, 0.3) is 0 Å². The molecule has 1 rings (SSSR count). The summed E-state index contributed by atoms with van der Waals surface area (Å²) < 4.78 is 0. The van der Waals surface area contributed by atoms with Crippen molar-refractivity contribution in [2.45, 2.75) is 18.9 Å². The minimum absolute atomic E-state index is 0.0188. The van der Waals surface area contributed by atoms with Crippen molar-refractivity contribution in [3.05, 3.63) is 28.8 Å². The lowest BCUT2D eigenvalue weighted by atomic mass is 9.89. The number of phenols is 1. The number of phenolic OH excluding ortho intramolecular Hbond substituents is 1. The SMILES string of the molecule is CC(N)(CCO)c1ccc(Cl)cc1O. The molecule has 4 N–H and O–H groups in total. The summed E-state index contributed by atoms with van der Waals surface area (Å²) in [4.78, 5) is 0. The Kier molecular flexibility index (Phi) is 3.37. The predicted molar refractivity (Wildman–Crippen MR) is 56.4 cm³/mol.